The van der Waals surface area contributed by atoms with Gasteiger partial charge in [-0.05, 0) is 186 Å². The van der Waals surface area contributed by atoms with E-state index in [2.05, 4.69) is 21.3 Å². The van der Waals surface area contributed by atoms with Crippen LogP contribution in [0.2, 0.25) is 0 Å². The van der Waals surface area contributed by atoms with Crippen LogP contribution in [0.5, 0.6) is 23.0 Å². The highest BCUT2D eigenvalue weighted by Crippen LogP contribution is 2.34. The van der Waals surface area contributed by atoms with Crippen molar-refractivity contribution in [1.82, 2.24) is 21.3 Å². The van der Waals surface area contributed by atoms with Crippen LogP contribution in [0.3, 0.4) is 0 Å². The number of Topliss-reactive ketones (excluding diaryl/α,β-unsaturated/α-hetero) is 4. The second kappa shape index (κ2) is 50.4. The Kier molecular flexibility index (Phi) is 42.0. The van der Waals surface area contributed by atoms with Crippen molar-refractivity contribution in [3.05, 3.63) is 166 Å². The van der Waals surface area contributed by atoms with Gasteiger partial charge in [-0.25, -0.2) is 38.4 Å². The summed E-state index contributed by atoms with van der Waals surface area (Å²) in [7, 11) is 0. The quantitative estimate of drug-likeness (QED) is 0.0187. The number of benzene rings is 4. The maximum atomic E-state index is 12.1. The molecule has 4 aromatic rings. The number of carbonyl (C=O) groups is 12. The SMILES string of the molecule is CCOC(=O)/C=C/C(=O)O[C@@H](CNC(C)(C)C)COc1cccc2c1CCCC2=O.CCOC(=O)/C=C/C(=O)O[C@@H](CNC(C)(C)C)COc1cccc2c1CCCC2=O.CCOC(=O)/C=C/C(=O)O[C@@H](CNC(C)(C)C)COc1cccc2c1CCCC2=O.CCOC(=O)/C=C\C(=O)O[C@@H](CNC(C)(C)C)COc1cccc2c1CCCC2=O. The number of fused-ring (bicyclic) bond motifs is 4. The zero-order valence-corrected chi connectivity index (χ0v) is 72.6. The summed E-state index contributed by atoms with van der Waals surface area (Å²) in [4.78, 5) is 143. The lowest BCUT2D eigenvalue weighted by molar-refractivity contribution is -0.145. The number of rotatable bonds is 36. The van der Waals surface area contributed by atoms with Crippen molar-refractivity contribution >= 4 is 70.9 Å². The molecule has 0 bridgehead atoms. The number of carbonyl (C=O) groups excluding carboxylic acids is 12. The molecule has 0 aliphatic heterocycles. The topological polar surface area (TPSA) is 364 Å². The van der Waals surface area contributed by atoms with Crippen LogP contribution in [-0.4, -0.2) is 196 Å². The first kappa shape index (κ1) is 99.9. The Labute approximate surface area is 705 Å². The molecule has 4 aliphatic carbocycles. The van der Waals surface area contributed by atoms with Crippen LogP contribution < -0.4 is 40.2 Å². The highest BCUT2D eigenvalue weighted by atomic mass is 16.6. The van der Waals surface area contributed by atoms with Crippen molar-refractivity contribution in [3.63, 3.8) is 0 Å². The molecule has 4 N–H and O–H groups in total. The zero-order valence-electron chi connectivity index (χ0n) is 72.6. The van der Waals surface area contributed by atoms with E-state index < -0.39 is 72.2 Å². The lowest BCUT2D eigenvalue weighted by Gasteiger charge is -2.26. The molecule has 120 heavy (non-hydrogen) atoms. The third-order valence-electron chi connectivity index (χ3n) is 17.9. The largest absolute Gasteiger partial charge is 0.489 e. The van der Waals surface area contributed by atoms with E-state index >= 15 is 0 Å². The first-order valence-corrected chi connectivity index (χ1v) is 41.1. The second-order valence-corrected chi connectivity index (χ2v) is 32.6. The molecule has 28 heteroatoms. The van der Waals surface area contributed by atoms with Crippen LogP contribution in [-0.2, 0) is 102 Å². The van der Waals surface area contributed by atoms with Crippen molar-refractivity contribution in [2.45, 2.75) is 234 Å². The fourth-order valence-electron chi connectivity index (χ4n) is 12.2. The summed E-state index contributed by atoms with van der Waals surface area (Å²) >= 11 is 0. The number of ether oxygens (including phenoxy) is 12. The lowest BCUT2D eigenvalue weighted by atomic mass is 9.90. The lowest BCUT2D eigenvalue weighted by Crippen LogP contribution is -2.44. The smallest absolute Gasteiger partial charge is 0.331 e. The fraction of sp³-hybridized carbons (Fsp3) is 0.522. The molecule has 4 aliphatic rings. The summed E-state index contributed by atoms with van der Waals surface area (Å²) < 4.78 is 64.8. The van der Waals surface area contributed by atoms with Gasteiger partial charge in [0.2, 0.25) is 0 Å². The van der Waals surface area contributed by atoms with Gasteiger partial charge in [0.05, 0.1) is 26.4 Å². The van der Waals surface area contributed by atoms with E-state index in [4.69, 9.17) is 56.8 Å². The standard InChI is InChI=1S/4C23H31NO6/c4*1-5-28-21(26)12-13-22(27)30-16(14-24-23(2,3)4)15-29-20-11-7-8-17-18(20)9-6-10-19(17)25/h4*7-8,11-13,16,24H,5-6,9-10,14-15H2,1-4H3/b3*13-12+;13-12-/t4*16-/m0000/s1. The van der Waals surface area contributed by atoms with E-state index in [1.54, 1.807) is 52.0 Å². The van der Waals surface area contributed by atoms with Crippen molar-refractivity contribution in [2.24, 2.45) is 0 Å². The molecule has 28 nitrogen and oxygen atoms in total. The minimum Gasteiger partial charge on any atom is -0.489 e. The van der Waals surface area contributed by atoms with Gasteiger partial charge in [0.15, 0.2) is 23.1 Å². The predicted molar refractivity (Wildman–Crippen MR) is 450 cm³/mol. The molecule has 0 amide bonds. The Morgan fingerprint density at radius 1 is 0.292 bits per heavy atom. The zero-order chi connectivity index (χ0) is 88.6. The molecular formula is C92H124N4O24. The van der Waals surface area contributed by atoms with Gasteiger partial charge in [-0.2, -0.15) is 0 Å². The van der Waals surface area contributed by atoms with Gasteiger partial charge >= 0.3 is 47.8 Å². The number of esters is 8. The third-order valence-corrected chi connectivity index (χ3v) is 17.9. The van der Waals surface area contributed by atoms with E-state index in [0.717, 1.165) is 122 Å². The summed E-state index contributed by atoms with van der Waals surface area (Å²) in [6, 6.07) is 21.8. The minimum atomic E-state index is -0.655. The molecule has 0 aromatic heterocycles. The maximum absolute atomic E-state index is 12.1. The van der Waals surface area contributed by atoms with Gasteiger partial charge in [-0.1, -0.05) is 48.5 Å². The average Bonchev–Trinajstić information content (AvgIpc) is 0.830. The second-order valence-electron chi connectivity index (χ2n) is 32.6. The van der Waals surface area contributed by atoms with Crippen LogP contribution in [0.25, 0.3) is 0 Å². The molecule has 0 unspecified atom stereocenters. The molecule has 4 atom stereocenters. The van der Waals surface area contributed by atoms with Gasteiger partial charge in [0.25, 0.3) is 0 Å². The normalized spacial score (nSPS) is 14.9. The van der Waals surface area contributed by atoms with Crippen molar-refractivity contribution in [2.75, 3.05) is 79.0 Å². The molecule has 0 saturated heterocycles. The molecule has 656 valence electrons. The van der Waals surface area contributed by atoms with Crippen LogP contribution in [0.15, 0.2) is 121 Å². The Hall–Kier alpha value is -10.7. The maximum Gasteiger partial charge on any atom is 0.331 e. The van der Waals surface area contributed by atoms with Crippen LogP contribution >= 0.6 is 0 Å². The summed E-state index contributed by atoms with van der Waals surface area (Å²) in [5.74, 6) is -1.96. The minimum absolute atomic E-state index is 0.118. The Morgan fingerprint density at radius 3 is 0.650 bits per heavy atom. The van der Waals surface area contributed by atoms with Gasteiger partial charge in [-0.15, -0.1) is 0 Å². The Balaban J connectivity index is 0.000000285. The highest BCUT2D eigenvalue weighted by molar-refractivity contribution is 6.01. The number of ketones is 4. The molecule has 0 saturated carbocycles. The van der Waals surface area contributed by atoms with E-state index in [9.17, 15) is 57.5 Å². The van der Waals surface area contributed by atoms with Gasteiger partial charge < -0.3 is 78.1 Å². The van der Waals surface area contributed by atoms with Crippen LogP contribution in [0.1, 0.15) is 226 Å². The number of hydrogen-bond donors (Lipinski definition) is 4. The Morgan fingerprint density at radius 2 is 0.475 bits per heavy atom. The Bertz CT molecular complexity index is 3710. The molecule has 0 fully saturated rings. The molecule has 4 aromatic carbocycles. The number of hydrogen-bond acceptors (Lipinski definition) is 28. The van der Waals surface area contributed by atoms with E-state index in [-0.39, 0.29) is 98.1 Å². The van der Waals surface area contributed by atoms with E-state index in [1.165, 1.54) is 0 Å². The fourth-order valence-corrected chi connectivity index (χ4v) is 12.2. The van der Waals surface area contributed by atoms with Crippen LogP contribution in [0.4, 0.5) is 0 Å². The van der Waals surface area contributed by atoms with Gasteiger partial charge in [-0.3, -0.25) is 19.2 Å². The number of nitrogens with one attached hydrogen (secondary N) is 4. The van der Waals surface area contributed by atoms with E-state index in [0.29, 0.717) is 97.1 Å². The molecule has 0 spiro atoms. The summed E-state index contributed by atoms with van der Waals surface area (Å²) in [5, 5.41) is 13.2. The summed E-state index contributed by atoms with van der Waals surface area (Å²) in [5.41, 5.74) is 5.75. The molecule has 8 rings (SSSR count). The molecule has 0 radical (unpaired) electrons. The molecular weight excluding hydrogens is 1550 g/mol. The van der Waals surface area contributed by atoms with Crippen molar-refractivity contribution < 1.29 is 114 Å². The van der Waals surface area contributed by atoms with Gasteiger partial charge in [0, 0.05) is 167 Å². The van der Waals surface area contributed by atoms with Crippen molar-refractivity contribution in [3.8, 4) is 23.0 Å². The first-order valence-electron chi connectivity index (χ1n) is 41.1. The van der Waals surface area contributed by atoms with E-state index in [1.807, 2.05) is 132 Å². The monoisotopic (exact) mass is 1670 g/mol. The highest BCUT2D eigenvalue weighted by Gasteiger charge is 2.29. The molecule has 0 heterocycles. The van der Waals surface area contributed by atoms with Crippen LogP contribution in [0, 0.1) is 0 Å². The van der Waals surface area contributed by atoms with Crippen molar-refractivity contribution in [1.29, 1.82) is 0 Å². The average molecular weight is 1670 g/mol. The predicted octanol–water partition coefficient (Wildman–Crippen LogP) is 12.0. The summed E-state index contributed by atoms with van der Waals surface area (Å²) in [6.45, 7) is 33.7. The first-order chi connectivity index (χ1) is 56.8. The van der Waals surface area contributed by atoms with Gasteiger partial charge in [0.1, 0.15) is 73.8 Å². The third kappa shape index (κ3) is 38.6. The summed E-state index contributed by atoms with van der Waals surface area (Å²) in [6.07, 6.45) is 14.6.